The van der Waals surface area contributed by atoms with Crippen LogP contribution in [-0.2, 0) is 13.5 Å². The van der Waals surface area contributed by atoms with Crippen LogP contribution in [0.4, 0.5) is 0 Å². The number of rotatable bonds is 5. The Balaban J connectivity index is 2.98. The molecule has 1 rings (SSSR count). The van der Waals surface area contributed by atoms with Crippen LogP contribution in [0.1, 0.15) is 43.2 Å². The molecule has 1 heterocycles. The highest BCUT2D eigenvalue weighted by Crippen LogP contribution is 2.13. The molecule has 0 bridgehead atoms. The fourth-order valence-corrected chi connectivity index (χ4v) is 1.82. The predicted molar refractivity (Wildman–Crippen MR) is 75.5 cm³/mol. The molecule has 0 aliphatic carbocycles. The summed E-state index contributed by atoms with van der Waals surface area (Å²) in [5, 5.41) is 7.13. The average Bonchev–Trinajstić information content (AvgIpc) is 2.70. The van der Waals surface area contributed by atoms with Crippen molar-refractivity contribution in [3.8, 4) is 0 Å². The number of amides is 1. The second-order valence-corrected chi connectivity index (χ2v) is 4.96. The van der Waals surface area contributed by atoms with Crippen LogP contribution in [0.15, 0.2) is 6.20 Å². The number of carbonyl (C=O) groups excluding carboxylic acids is 1. The zero-order valence-electron chi connectivity index (χ0n) is 11.3. The smallest absolute Gasteiger partial charge is 0.255 e. The lowest BCUT2D eigenvalue weighted by Gasteiger charge is -2.28. The Morgan fingerprint density at radius 1 is 1.61 bits per heavy atom. The highest BCUT2D eigenvalue weighted by molar-refractivity contribution is 7.80. The monoisotopic (exact) mass is 268 g/mol. The van der Waals surface area contributed by atoms with E-state index in [1.807, 2.05) is 20.8 Å². The second-order valence-electron chi connectivity index (χ2n) is 4.52. The summed E-state index contributed by atoms with van der Waals surface area (Å²) in [6.07, 6.45) is 3.07. The molecule has 1 aromatic rings. The average molecular weight is 268 g/mol. The number of aryl methyl sites for hydroxylation is 2. The van der Waals surface area contributed by atoms with Crippen LogP contribution < -0.4 is 11.1 Å². The molecule has 0 aromatic carbocycles. The quantitative estimate of drug-likeness (QED) is 0.786. The molecule has 1 amide bonds. The highest BCUT2D eigenvalue weighted by atomic mass is 32.1. The molecule has 3 N–H and O–H groups in total. The molecule has 1 atom stereocenters. The van der Waals surface area contributed by atoms with Crippen molar-refractivity contribution in [1.82, 2.24) is 15.1 Å². The van der Waals surface area contributed by atoms with Crippen LogP contribution in [0.2, 0.25) is 0 Å². The van der Waals surface area contributed by atoms with Crippen molar-refractivity contribution in [1.29, 1.82) is 0 Å². The van der Waals surface area contributed by atoms with Gasteiger partial charge in [-0.2, -0.15) is 5.10 Å². The number of thiocarbonyl (C=S) groups is 1. The molecule has 0 saturated heterocycles. The number of nitrogens with two attached hydrogens (primary N) is 1. The number of aromatic nitrogens is 2. The Kier molecular flexibility index (Phi) is 4.45. The molecule has 0 aliphatic heterocycles. The summed E-state index contributed by atoms with van der Waals surface area (Å²) < 4.78 is 1.64. The molecule has 0 fully saturated rings. The van der Waals surface area contributed by atoms with Gasteiger partial charge in [0.2, 0.25) is 0 Å². The Hall–Kier alpha value is -1.43. The molecule has 0 aliphatic rings. The maximum absolute atomic E-state index is 12.2. The second kappa shape index (κ2) is 5.48. The largest absolute Gasteiger partial charge is 0.391 e. The third kappa shape index (κ3) is 2.87. The molecule has 100 valence electrons. The van der Waals surface area contributed by atoms with Crippen LogP contribution in [-0.4, -0.2) is 26.2 Å². The third-order valence-corrected chi connectivity index (χ3v) is 3.58. The molecular formula is C12H20N4OS. The lowest BCUT2D eigenvalue weighted by Crippen LogP contribution is -2.54. The molecule has 18 heavy (non-hydrogen) atoms. The number of hydrogen-bond acceptors (Lipinski definition) is 3. The van der Waals surface area contributed by atoms with Gasteiger partial charge in [0.25, 0.3) is 5.91 Å². The van der Waals surface area contributed by atoms with Crippen LogP contribution in [0.5, 0.6) is 0 Å². The van der Waals surface area contributed by atoms with Crippen LogP contribution in [0.25, 0.3) is 0 Å². The maximum atomic E-state index is 12.2. The lowest BCUT2D eigenvalue weighted by molar-refractivity contribution is 0.0925. The Labute approximate surface area is 113 Å². The first kappa shape index (κ1) is 14.6. The van der Waals surface area contributed by atoms with Crippen molar-refractivity contribution in [3.63, 3.8) is 0 Å². The minimum absolute atomic E-state index is 0.183. The van der Waals surface area contributed by atoms with Gasteiger partial charge >= 0.3 is 0 Å². The topological polar surface area (TPSA) is 72.9 Å². The first-order valence-electron chi connectivity index (χ1n) is 5.99. The fourth-order valence-electron chi connectivity index (χ4n) is 1.63. The molecule has 1 unspecified atom stereocenters. The molecular weight excluding hydrogens is 248 g/mol. The van der Waals surface area contributed by atoms with Crippen LogP contribution >= 0.6 is 12.2 Å². The molecule has 6 heteroatoms. The van der Waals surface area contributed by atoms with Crippen LogP contribution in [0, 0.1) is 0 Å². The number of carbonyl (C=O) groups is 1. The molecule has 5 nitrogen and oxygen atoms in total. The van der Waals surface area contributed by atoms with E-state index in [0.717, 1.165) is 5.69 Å². The van der Waals surface area contributed by atoms with Crippen molar-refractivity contribution < 1.29 is 4.79 Å². The van der Waals surface area contributed by atoms with Crippen molar-refractivity contribution in [2.24, 2.45) is 12.8 Å². The van der Waals surface area contributed by atoms with Crippen LogP contribution in [0.3, 0.4) is 0 Å². The molecule has 0 radical (unpaired) electrons. The number of nitrogens with zero attached hydrogens (tertiary/aromatic N) is 2. The first-order valence-corrected chi connectivity index (χ1v) is 6.39. The number of hydrogen-bond donors (Lipinski definition) is 2. The van der Waals surface area contributed by atoms with Gasteiger partial charge in [0.15, 0.2) is 0 Å². The minimum Gasteiger partial charge on any atom is -0.391 e. The van der Waals surface area contributed by atoms with Gasteiger partial charge in [0, 0.05) is 13.2 Å². The van der Waals surface area contributed by atoms with Gasteiger partial charge in [-0.25, -0.2) is 0 Å². The fraction of sp³-hybridized carbons (Fsp3) is 0.583. The summed E-state index contributed by atoms with van der Waals surface area (Å²) >= 11 is 5.01. The van der Waals surface area contributed by atoms with Gasteiger partial charge in [-0.05, 0) is 19.8 Å². The zero-order chi connectivity index (χ0) is 13.9. The standard InChI is InChI=1S/C12H20N4OS/c1-5-9-8(7-16(4)15-9)10(17)14-12(3,6-2)11(13)18/h7H,5-6H2,1-4H3,(H2,13,18)(H,14,17). The summed E-state index contributed by atoms with van der Waals surface area (Å²) in [5.74, 6) is -0.183. The van der Waals surface area contributed by atoms with Gasteiger partial charge < -0.3 is 11.1 Å². The van der Waals surface area contributed by atoms with Crippen molar-refractivity contribution in [2.75, 3.05) is 0 Å². The van der Waals surface area contributed by atoms with E-state index < -0.39 is 5.54 Å². The van der Waals surface area contributed by atoms with Gasteiger partial charge in [-0.3, -0.25) is 9.48 Å². The minimum atomic E-state index is -0.659. The van der Waals surface area contributed by atoms with Gasteiger partial charge in [0.1, 0.15) is 0 Å². The zero-order valence-corrected chi connectivity index (χ0v) is 12.1. The summed E-state index contributed by atoms with van der Waals surface area (Å²) in [7, 11) is 1.79. The van der Waals surface area contributed by atoms with E-state index in [2.05, 4.69) is 10.4 Å². The van der Waals surface area contributed by atoms with Gasteiger partial charge in [0.05, 0.1) is 21.8 Å². The highest BCUT2D eigenvalue weighted by Gasteiger charge is 2.29. The summed E-state index contributed by atoms with van der Waals surface area (Å²) in [6, 6.07) is 0. The van der Waals surface area contributed by atoms with Crippen molar-refractivity contribution in [2.45, 2.75) is 39.2 Å². The van der Waals surface area contributed by atoms with E-state index in [1.54, 1.807) is 17.9 Å². The maximum Gasteiger partial charge on any atom is 0.255 e. The predicted octanol–water partition coefficient (Wildman–Crippen LogP) is 1.17. The van der Waals surface area contributed by atoms with Gasteiger partial charge in [-0.15, -0.1) is 0 Å². The van der Waals surface area contributed by atoms with E-state index in [9.17, 15) is 4.79 Å². The van der Waals surface area contributed by atoms with Gasteiger partial charge in [-0.1, -0.05) is 26.1 Å². The van der Waals surface area contributed by atoms with E-state index in [0.29, 0.717) is 23.4 Å². The summed E-state index contributed by atoms with van der Waals surface area (Å²) in [5.41, 5.74) is 6.37. The van der Waals surface area contributed by atoms with E-state index in [1.165, 1.54) is 0 Å². The Morgan fingerprint density at radius 2 is 2.22 bits per heavy atom. The van der Waals surface area contributed by atoms with E-state index in [-0.39, 0.29) is 5.91 Å². The Bertz CT molecular complexity index is 469. The van der Waals surface area contributed by atoms with Crippen molar-refractivity contribution in [3.05, 3.63) is 17.5 Å². The summed E-state index contributed by atoms with van der Waals surface area (Å²) in [4.78, 5) is 12.5. The third-order valence-electron chi connectivity index (χ3n) is 3.13. The van der Waals surface area contributed by atoms with E-state index >= 15 is 0 Å². The summed E-state index contributed by atoms with van der Waals surface area (Å²) in [6.45, 7) is 5.73. The molecule has 0 saturated carbocycles. The van der Waals surface area contributed by atoms with E-state index in [4.69, 9.17) is 18.0 Å². The number of nitrogens with one attached hydrogen (secondary N) is 1. The van der Waals surface area contributed by atoms with Crippen molar-refractivity contribution >= 4 is 23.1 Å². The molecule has 1 aromatic heterocycles. The lowest BCUT2D eigenvalue weighted by atomic mass is 9.98. The molecule has 0 spiro atoms. The SMILES string of the molecule is CCc1nn(C)cc1C(=O)NC(C)(CC)C(N)=S. The Morgan fingerprint density at radius 3 is 2.67 bits per heavy atom. The first-order chi connectivity index (χ1) is 8.34. The normalized spacial score (nSPS) is 14.0.